The van der Waals surface area contributed by atoms with Crippen molar-refractivity contribution >= 4 is 46.8 Å². The average molecular weight is 666 g/mol. The molecule has 0 spiro atoms. The second kappa shape index (κ2) is 16.6. The average Bonchev–Trinajstić information content (AvgIpc) is 3.03. The van der Waals surface area contributed by atoms with E-state index in [1.54, 1.807) is 29.2 Å². The number of hydrogen-bond donors (Lipinski definition) is 1. The molecule has 4 amide bonds. The number of benzene rings is 3. The molecule has 3 aromatic rings. The van der Waals surface area contributed by atoms with Crippen LogP contribution in [0.3, 0.4) is 0 Å². The highest BCUT2D eigenvalue weighted by Crippen LogP contribution is 2.30. The van der Waals surface area contributed by atoms with Crippen molar-refractivity contribution in [3.63, 3.8) is 0 Å². The Balaban J connectivity index is 1.60. The Bertz CT molecular complexity index is 1430. The molecule has 8 nitrogen and oxygen atoms in total. The van der Waals surface area contributed by atoms with E-state index >= 15 is 0 Å². The molecule has 1 aliphatic rings. The van der Waals surface area contributed by atoms with E-state index in [0.29, 0.717) is 23.9 Å². The summed E-state index contributed by atoms with van der Waals surface area (Å²) in [5, 5.41) is 0.560. The number of hydrogen-bond acceptors (Lipinski definition) is 4. The van der Waals surface area contributed by atoms with Gasteiger partial charge in [0, 0.05) is 30.5 Å². The normalized spacial score (nSPS) is 15.8. The number of primary amides is 1. The highest BCUT2D eigenvalue weighted by atomic mass is 35.5. The number of halogens is 2. The van der Waals surface area contributed by atoms with Crippen molar-refractivity contribution in [3.05, 3.63) is 107 Å². The van der Waals surface area contributed by atoms with Crippen molar-refractivity contribution in [2.45, 2.75) is 57.0 Å². The van der Waals surface area contributed by atoms with Crippen LogP contribution in [0.25, 0.3) is 0 Å². The molecule has 2 N–H and O–H groups in total. The third kappa shape index (κ3) is 9.56. The molecular weight excluding hydrogens is 623 g/mol. The molecule has 0 aliphatic carbocycles. The van der Waals surface area contributed by atoms with E-state index in [1.165, 1.54) is 9.80 Å². The quantitative estimate of drug-likeness (QED) is 0.172. The van der Waals surface area contributed by atoms with E-state index in [1.807, 2.05) is 36.4 Å². The zero-order chi connectivity index (χ0) is 33.2. The first-order valence-electron chi connectivity index (χ1n) is 15.7. The topological polar surface area (TPSA) is 104 Å². The maximum Gasteiger partial charge on any atom is 0.246 e. The zero-order valence-corrected chi connectivity index (χ0v) is 27.9. The van der Waals surface area contributed by atoms with E-state index in [2.05, 4.69) is 38.1 Å². The molecular formula is C36H42Cl2N4O4. The standard InChI is InChI=1S/C36H42Cl2N4O4/c1-25(2)17-19-40-24-35(45)41(20-18-30(27-9-5-3-6-10-27)28-11-7-4-8-12-28)31(36(40)46)22-34(44)42(23-33(39)43)32(38)21-26-13-15-29(37)16-14-26/h3-16,25,30-32H,17-24H2,1-2H3,(H2,39,43). The van der Waals surface area contributed by atoms with Crippen LogP contribution in [-0.4, -0.2) is 76.1 Å². The first-order valence-corrected chi connectivity index (χ1v) is 16.5. The van der Waals surface area contributed by atoms with Gasteiger partial charge in [-0.3, -0.25) is 19.2 Å². The van der Waals surface area contributed by atoms with Gasteiger partial charge in [-0.1, -0.05) is 110 Å². The SMILES string of the molecule is CC(C)CCN1CC(=O)N(CCC(c2ccccc2)c2ccccc2)C(CC(=O)N(CC(N)=O)C(Cl)Cc2ccc(Cl)cc2)C1=O. The number of nitrogens with two attached hydrogens (primary N) is 1. The summed E-state index contributed by atoms with van der Waals surface area (Å²) < 4.78 is 0. The second-order valence-electron chi connectivity index (χ2n) is 12.2. The molecule has 3 aromatic carbocycles. The molecule has 244 valence electrons. The summed E-state index contributed by atoms with van der Waals surface area (Å²) in [4.78, 5) is 57.9. The summed E-state index contributed by atoms with van der Waals surface area (Å²) in [5.41, 5.74) is 7.61. The number of amides is 4. The molecule has 46 heavy (non-hydrogen) atoms. The van der Waals surface area contributed by atoms with E-state index in [4.69, 9.17) is 28.9 Å². The predicted molar refractivity (Wildman–Crippen MR) is 181 cm³/mol. The summed E-state index contributed by atoms with van der Waals surface area (Å²) in [5.74, 6) is -1.46. The zero-order valence-electron chi connectivity index (χ0n) is 26.4. The third-order valence-corrected chi connectivity index (χ3v) is 8.97. The minimum absolute atomic E-state index is 0.0291. The van der Waals surface area contributed by atoms with Crippen LogP contribution < -0.4 is 5.73 Å². The molecule has 0 aromatic heterocycles. The molecule has 0 bridgehead atoms. The van der Waals surface area contributed by atoms with Gasteiger partial charge in [0.1, 0.15) is 18.1 Å². The van der Waals surface area contributed by atoms with Gasteiger partial charge in [-0.15, -0.1) is 0 Å². The smallest absolute Gasteiger partial charge is 0.246 e. The molecule has 0 radical (unpaired) electrons. The molecule has 1 saturated heterocycles. The highest BCUT2D eigenvalue weighted by molar-refractivity contribution is 6.30. The van der Waals surface area contributed by atoms with Gasteiger partial charge in [0.05, 0.1) is 13.0 Å². The molecule has 2 unspecified atom stereocenters. The van der Waals surface area contributed by atoms with Crippen molar-refractivity contribution in [2.24, 2.45) is 11.7 Å². The molecule has 1 aliphatic heterocycles. The van der Waals surface area contributed by atoms with Crippen LogP contribution in [0, 0.1) is 5.92 Å². The summed E-state index contributed by atoms with van der Waals surface area (Å²) in [6, 6.07) is 26.0. The fourth-order valence-electron chi connectivity index (χ4n) is 5.82. The lowest BCUT2D eigenvalue weighted by atomic mass is 9.88. The monoisotopic (exact) mass is 664 g/mol. The van der Waals surface area contributed by atoms with Crippen LogP contribution in [0.4, 0.5) is 0 Å². The summed E-state index contributed by atoms with van der Waals surface area (Å²) >= 11 is 12.7. The Hall–Kier alpha value is -3.88. The van der Waals surface area contributed by atoms with E-state index in [0.717, 1.165) is 23.1 Å². The van der Waals surface area contributed by atoms with Crippen molar-refractivity contribution < 1.29 is 19.2 Å². The molecule has 1 heterocycles. The Labute approximate surface area is 281 Å². The van der Waals surface area contributed by atoms with Gasteiger partial charge in [-0.25, -0.2) is 0 Å². The van der Waals surface area contributed by atoms with Crippen LogP contribution in [0.1, 0.15) is 55.7 Å². The van der Waals surface area contributed by atoms with Gasteiger partial charge < -0.3 is 20.4 Å². The van der Waals surface area contributed by atoms with Crippen molar-refractivity contribution in [3.8, 4) is 0 Å². The number of alkyl halides is 1. The number of nitrogens with zero attached hydrogens (tertiary/aromatic N) is 3. The minimum Gasteiger partial charge on any atom is -0.368 e. The number of carbonyl (C=O) groups is 4. The van der Waals surface area contributed by atoms with E-state index < -0.39 is 29.9 Å². The number of piperazine rings is 1. The van der Waals surface area contributed by atoms with Gasteiger partial charge in [-0.05, 0) is 47.6 Å². The maximum absolute atomic E-state index is 14.0. The largest absolute Gasteiger partial charge is 0.368 e. The summed E-state index contributed by atoms with van der Waals surface area (Å²) in [6.07, 6.45) is 1.18. The fourth-order valence-corrected chi connectivity index (χ4v) is 6.30. The molecule has 4 rings (SSSR count). The first kappa shape index (κ1) is 35.0. The second-order valence-corrected chi connectivity index (χ2v) is 13.1. The molecule has 2 atom stereocenters. The minimum atomic E-state index is -1.04. The van der Waals surface area contributed by atoms with Gasteiger partial charge in [0.15, 0.2) is 0 Å². The van der Waals surface area contributed by atoms with Crippen LogP contribution >= 0.6 is 23.2 Å². The van der Waals surface area contributed by atoms with Crippen molar-refractivity contribution in [1.82, 2.24) is 14.7 Å². The molecule has 1 fully saturated rings. The van der Waals surface area contributed by atoms with E-state index in [-0.39, 0.29) is 43.7 Å². The van der Waals surface area contributed by atoms with Gasteiger partial charge in [0.25, 0.3) is 0 Å². The Morgan fingerprint density at radius 1 is 0.891 bits per heavy atom. The van der Waals surface area contributed by atoms with E-state index in [9.17, 15) is 19.2 Å². The predicted octanol–water partition coefficient (Wildman–Crippen LogP) is 5.46. The lowest BCUT2D eigenvalue weighted by molar-refractivity contribution is -0.158. The highest BCUT2D eigenvalue weighted by Gasteiger charge is 2.41. The van der Waals surface area contributed by atoms with Gasteiger partial charge >= 0.3 is 0 Å². The number of rotatable bonds is 15. The Morgan fingerprint density at radius 3 is 2.02 bits per heavy atom. The number of carbonyl (C=O) groups excluding carboxylic acids is 4. The van der Waals surface area contributed by atoms with Crippen LogP contribution in [0.5, 0.6) is 0 Å². The fraction of sp³-hybridized carbons (Fsp3) is 0.389. The molecule has 0 saturated carbocycles. The van der Waals surface area contributed by atoms with Gasteiger partial charge in [-0.2, -0.15) is 0 Å². The lowest BCUT2D eigenvalue weighted by Crippen LogP contribution is -2.61. The maximum atomic E-state index is 14.0. The van der Waals surface area contributed by atoms with Crippen molar-refractivity contribution in [2.75, 3.05) is 26.2 Å². The molecule has 10 heteroatoms. The van der Waals surface area contributed by atoms with Crippen LogP contribution in [0.15, 0.2) is 84.9 Å². The summed E-state index contributed by atoms with van der Waals surface area (Å²) in [7, 11) is 0. The third-order valence-electron chi connectivity index (χ3n) is 8.33. The van der Waals surface area contributed by atoms with Crippen molar-refractivity contribution in [1.29, 1.82) is 0 Å². The van der Waals surface area contributed by atoms with Gasteiger partial charge in [0.2, 0.25) is 23.6 Å². The van der Waals surface area contributed by atoms with Crippen LogP contribution in [-0.2, 0) is 25.6 Å². The Kier molecular flexibility index (Phi) is 12.6. The van der Waals surface area contributed by atoms with Crippen LogP contribution in [0.2, 0.25) is 5.02 Å². The first-order chi connectivity index (χ1) is 22.0. The Morgan fingerprint density at radius 2 is 1.48 bits per heavy atom. The lowest BCUT2D eigenvalue weighted by Gasteiger charge is -2.41. The summed E-state index contributed by atoms with van der Waals surface area (Å²) in [6.45, 7) is 4.32.